The van der Waals surface area contributed by atoms with Crippen LogP contribution in [0.1, 0.15) is 0 Å². The highest BCUT2D eigenvalue weighted by Gasteiger charge is 2.18. The molecule has 0 spiro atoms. The van der Waals surface area contributed by atoms with E-state index >= 15 is 0 Å². The number of hydrogen-bond acceptors (Lipinski definition) is 5. The largest absolute Gasteiger partial charge is 0.454 e. The number of fused-ring (bicyclic) bond motifs is 6. The average molecular weight is 627 g/mol. The van der Waals surface area contributed by atoms with E-state index in [0.29, 0.717) is 17.5 Å². The second-order valence-electron chi connectivity index (χ2n) is 12.3. The second kappa shape index (κ2) is 10.9. The van der Waals surface area contributed by atoms with Crippen LogP contribution < -0.4 is 0 Å². The molecule has 228 valence electrons. The Balaban J connectivity index is 1.20. The van der Waals surface area contributed by atoms with Gasteiger partial charge in [-0.25, -0.2) is 15.0 Å². The van der Waals surface area contributed by atoms with Crippen LogP contribution in [0.15, 0.2) is 162 Å². The highest BCUT2D eigenvalue weighted by molar-refractivity contribution is 6.15. The number of hydrogen-bond donors (Lipinski definition) is 0. The van der Waals surface area contributed by atoms with Gasteiger partial charge in [0.2, 0.25) is 0 Å². The monoisotopic (exact) mass is 626 g/mol. The van der Waals surface area contributed by atoms with Crippen LogP contribution in [0, 0.1) is 0 Å². The Morgan fingerprint density at radius 1 is 0.367 bits per heavy atom. The quantitative estimate of drug-likeness (QED) is 0.194. The van der Waals surface area contributed by atoms with Crippen LogP contribution in [0.25, 0.3) is 99.5 Å². The fraction of sp³-hybridized carbons (Fsp3) is 0. The Morgan fingerprint density at radius 2 is 0.918 bits per heavy atom. The minimum absolute atomic E-state index is 0.620. The summed E-state index contributed by atoms with van der Waals surface area (Å²) in [5, 5.41) is 8.88. The van der Waals surface area contributed by atoms with Gasteiger partial charge in [0.25, 0.3) is 0 Å². The molecule has 5 heteroatoms. The van der Waals surface area contributed by atoms with Crippen LogP contribution in [-0.2, 0) is 0 Å². The van der Waals surface area contributed by atoms with Gasteiger partial charge >= 0.3 is 0 Å². The molecule has 0 amide bonds. The molecule has 0 saturated carbocycles. The Bertz CT molecular complexity index is 2810. The Hall–Kier alpha value is -6.72. The standard InChI is InChI=1S/C44H26N4O/c1-3-11-29-23-31(21-19-27(29)9-1)42-46-43(32-22-20-28-10-2-4-12-30(28)24-32)48-44(47-42)36-17-8-14-33-34(36)15-7-16-35(33)38-25-45-26-40-41(38)37-13-5-6-18-39(37)49-40/h1-26H. The van der Waals surface area contributed by atoms with E-state index < -0.39 is 0 Å². The minimum Gasteiger partial charge on any atom is -0.454 e. The lowest BCUT2D eigenvalue weighted by Gasteiger charge is -2.13. The van der Waals surface area contributed by atoms with Crippen LogP contribution in [-0.4, -0.2) is 19.9 Å². The summed E-state index contributed by atoms with van der Waals surface area (Å²) >= 11 is 0. The molecule has 3 aromatic heterocycles. The van der Waals surface area contributed by atoms with Crippen molar-refractivity contribution >= 4 is 54.3 Å². The summed E-state index contributed by atoms with van der Waals surface area (Å²) in [6.07, 6.45) is 3.73. The first-order valence-corrected chi connectivity index (χ1v) is 16.3. The van der Waals surface area contributed by atoms with E-state index in [-0.39, 0.29) is 0 Å². The lowest BCUT2D eigenvalue weighted by Crippen LogP contribution is -2.01. The number of benzene rings is 7. The molecule has 3 heterocycles. The lowest BCUT2D eigenvalue weighted by molar-refractivity contribution is 0.667. The zero-order valence-corrected chi connectivity index (χ0v) is 26.2. The number of pyridine rings is 1. The van der Waals surface area contributed by atoms with Crippen molar-refractivity contribution in [1.82, 2.24) is 19.9 Å². The number of aromatic nitrogens is 4. The molecule has 0 fully saturated rings. The van der Waals surface area contributed by atoms with Crippen molar-refractivity contribution in [3.63, 3.8) is 0 Å². The van der Waals surface area contributed by atoms with Crippen LogP contribution >= 0.6 is 0 Å². The molecule has 5 nitrogen and oxygen atoms in total. The van der Waals surface area contributed by atoms with Gasteiger partial charge in [-0.2, -0.15) is 0 Å². The third kappa shape index (κ3) is 4.55. The normalized spacial score (nSPS) is 11.7. The SMILES string of the molecule is c1ccc2cc(-c3nc(-c4ccc5ccccc5c4)nc(-c4cccc5c(-c6cncc7oc8ccccc8c67)cccc45)n3)ccc2c1. The molecular weight excluding hydrogens is 601 g/mol. The van der Waals surface area contributed by atoms with Crippen LogP contribution in [0.4, 0.5) is 0 Å². The summed E-state index contributed by atoms with van der Waals surface area (Å²) in [5.74, 6) is 1.88. The van der Waals surface area contributed by atoms with E-state index in [4.69, 9.17) is 19.4 Å². The minimum atomic E-state index is 0.620. The van der Waals surface area contributed by atoms with Crippen molar-refractivity contribution in [2.75, 3.05) is 0 Å². The Morgan fingerprint density at radius 3 is 1.61 bits per heavy atom. The third-order valence-corrected chi connectivity index (χ3v) is 9.39. The summed E-state index contributed by atoms with van der Waals surface area (Å²) in [6, 6.07) is 50.3. The maximum atomic E-state index is 6.19. The van der Waals surface area contributed by atoms with Gasteiger partial charge in [0.05, 0.1) is 6.20 Å². The van der Waals surface area contributed by atoms with E-state index in [1.54, 1.807) is 6.20 Å². The van der Waals surface area contributed by atoms with Crippen molar-refractivity contribution in [1.29, 1.82) is 0 Å². The maximum absolute atomic E-state index is 6.19. The van der Waals surface area contributed by atoms with Gasteiger partial charge in [0, 0.05) is 39.2 Å². The van der Waals surface area contributed by atoms with Gasteiger partial charge in [0.15, 0.2) is 23.1 Å². The van der Waals surface area contributed by atoms with E-state index in [2.05, 4.69) is 132 Å². The molecule has 0 saturated heterocycles. The number of nitrogens with zero attached hydrogens (tertiary/aromatic N) is 4. The number of para-hydroxylation sites is 1. The Labute approximate surface area is 281 Å². The van der Waals surface area contributed by atoms with Gasteiger partial charge < -0.3 is 4.42 Å². The molecule has 0 radical (unpaired) electrons. The van der Waals surface area contributed by atoms with Crippen molar-refractivity contribution in [3.05, 3.63) is 158 Å². The van der Waals surface area contributed by atoms with E-state index in [0.717, 1.165) is 71.3 Å². The first-order valence-electron chi connectivity index (χ1n) is 16.3. The zero-order valence-electron chi connectivity index (χ0n) is 26.2. The summed E-state index contributed by atoms with van der Waals surface area (Å²) in [4.78, 5) is 20.0. The van der Waals surface area contributed by atoms with Gasteiger partial charge in [-0.3, -0.25) is 4.98 Å². The van der Waals surface area contributed by atoms with Crippen LogP contribution in [0.2, 0.25) is 0 Å². The molecule has 0 bridgehead atoms. The van der Waals surface area contributed by atoms with Crippen molar-refractivity contribution in [2.24, 2.45) is 0 Å². The summed E-state index contributed by atoms with van der Waals surface area (Å²) in [5.41, 5.74) is 6.52. The van der Waals surface area contributed by atoms with Crippen molar-refractivity contribution in [2.45, 2.75) is 0 Å². The molecule has 0 N–H and O–H groups in total. The molecule has 7 aromatic carbocycles. The molecule has 0 aliphatic carbocycles. The van der Waals surface area contributed by atoms with Gasteiger partial charge in [0.1, 0.15) is 5.58 Å². The average Bonchev–Trinajstić information content (AvgIpc) is 3.56. The first kappa shape index (κ1) is 27.4. The third-order valence-electron chi connectivity index (χ3n) is 9.39. The summed E-state index contributed by atoms with van der Waals surface area (Å²) < 4.78 is 6.19. The highest BCUT2D eigenvalue weighted by Crippen LogP contribution is 2.40. The maximum Gasteiger partial charge on any atom is 0.164 e. The molecule has 49 heavy (non-hydrogen) atoms. The Kier molecular flexibility index (Phi) is 6.11. The predicted octanol–water partition coefficient (Wildman–Crippen LogP) is 11.3. The molecule has 0 unspecified atom stereocenters. The van der Waals surface area contributed by atoms with E-state index in [9.17, 15) is 0 Å². The number of rotatable bonds is 4. The van der Waals surface area contributed by atoms with E-state index in [1.165, 1.54) is 10.8 Å². The van der Waals surface area contributed by atoms with Crippen LogP contribution in [0.3, 0.4) is 0 Å². The topological polar surface area (TPSA) is 64.7 Å². The van der Waals surface area contributed by atoms with Crippen LogP contribution in [0.5, 0.6) is 0 Å². The molecule has 0 aliphatic rings. The van der Waals surface area contributed by atoms with Gasteiger partial charge in [-0.05, 0) is 56.1 Å². The fourth-order valence-electron chi connectivity index (χ4n) is 7.03. The number of furan rings is 1. The van der Waals surface area contributed by atoms with Gasteiger partial charge in [-0.15, -0.1) is 0 Å². The van der Waals surface area contributed by atoms with Gasteiger partial charge in [-0.1, -0.05) is 127 Å². The second-order valence-corrected chi connectivity index (χ2v) is 12.3. The lowest BCUT2D eigenvalue weighted by atomic mass is 9.94. The summed E-state index contributed by atoms with van der Waals surface area (Å²) in [6.45, 7) is 0. The molecule has 0 aliphatic heterocycles. The van der Waals surface area contributed by atoms with Crippen molar-refractivity contribution in [3.8, 4) is 45.3 Å². The molecular formula is C44H26N4O. The zero-order chi connectivity index (χ0) is 32.3. The summed E-state index contributed by atoms with van der Waals surface area (Å²) in [7, 11) is 0. The predicted molar refractivity (Wildman–Crippen MR) is 199 cm³/mol. The first-order chi connectivity index (χ1) is 24.3. The molecule has 10 aromatic rings. The smallest absolute Gasteiger partial charge is 0.164 e. The van der Waals surface area contributed by atoms with Crippen molar-refractivity contribution < 1.29 is 4.42 Å². The molecule has 10 rings (SSSR count). The highest BCUT2D eigenvalue weighted by atomic mass is 16.3. The molecule has 0 atom stereocenters. The fourth-order valence-corrected chi connectivity index (χ4v) is 7.03. The van der Waals surface area contributed by atoms with E-state index in [1.807, 2.05) is 24.4 Å².